The minimum atomic E-state index is -0.454. The topological polar surface area (TPSA) is 98.6 Å². The molecule has 9 nitrogen and oxygen atoms in total. The summed E-state index contributed by atoms with van der Waals surface area (Å²) in [4.78, 5) is 13.5. The average Bonchev–Trinajstić information content (AvgIpc) is 3.61. The van der Waals surface area contributed by atoms with Crippen LogP contribution >= 0.6 is 23.4 Å². The Morgan fingerprint density at radius 3 is 2.88 bits per heavy atom. The van der Waals surface area contributed by atoms with Crippen LogP contribution in [0.1, 0.15) is 43.6 Å². The van der Waals surface area contributed by atoms with E-state index in [-0.39, 0.29) is 18.1 Å². The molecule has 2 aliphatic rings. The number of tetrazole rings is 1. The third kappa shape index (κ3) is 4.83. The van der Waals surface area contributed by atoms with E-state index in [4.69, 9.17) is 20.8 Å². The fraction of sp³-hybridized carbons (Fsp3) is 0.409. The van der Waals surface area contributed by atoms with Gasteiger partial charge in [-0.2, -0.15) is 5.10 Å². The lowest BCUT2D eigenvalue weighted by atomic mass is 10.0. The lowest BCUT2D eigenvalue weighted by molar-refractivity contribution is -0.132. The molecule has 1 fully saturated rings. The summed E-state index contributed by atoms with van der Waals surface area (Å²) in [5.74, 6) is 0.550. The van der Waals surface area contributed by atoms with Gasteiger partial charge in [0, 0.05) is 18.1 Å². The largest absolute Gasteiger partial charge is 0.467 e. The smallest absolute Gasteiger partial charge is 0.256 e. The fourth-order valence-corrected chi connectivity index (χ4v) is 4.97. The van der Waals surface area contributed by atoms with Crippen LogP contribution in [0.5, 0.6) is 0 Å². The van der Waals surface area contributed by atoms with Crippen molar-refractivity contribution < 1.29 is 13.9 Å². The van der Waals surface area contributed by atoms with Gasteiger partial charge in [0.1, 0.15) is 11.8 Å². The Labute approximate surface area is 200 Å². The van der Waals surface area contributed by atoms with E-state index in [0.29, 0.717) is 28.9 Å². The van der Waals surface area contributed by atoms with Crippen LogP contribution in [-0.4, -0.2) is 54.8 Å². The first-order valence-corrected chi connectivity index (χ1v) is 12.1. The molecule has 0 aliphatic carbocycles. The van der Waals surface area contributed by atoms with E-state index in [0.717, 1.165) is 30.7 Å². The highest BCUT2D eigenvalue weighted by Crippen LogP contribution is 2.35. The predicted molar refractivity (Wildman–Crippen MR) is 123 cm³/mol. The van der Waals surface area contributed by atoms with E-state index >= 15 is 0 Å². The number of carbonyl (C=O) groups excluding carboxylic acids is 1. The van der Waals surface area contributed by atoms with Crippen LogP contribution in [0, 0.1) is 0 Å². The van der Waals surface area contributed by atoms with Gasteiger partial charge in [0.2, 0.25) is 5.16 Å². The summed E-state index contributed by atoms with van der Waals surface area (Å²) in [5, 5.41) is 19.0. The number of hydrogen-bond acceptors (Lipinski definition) is 8. The zero-order chi connectivity index (χ0) is 22.8. The van der Waals surface area contributed by atoms with Crippen LogP contribution in [0.4, 0.5) is 0 Å². The van der Waals surface area contributed by atoms with Gasteiger partial charge in [0.15, 0.2) is 0 Å². The Kier molecular flexibility index (Phi) is 6.48. The number of hydrazone groups is 1. The minimum Gasteiger partial charge on any atom is -0.467 e. The molecule has 3 atom stereocenters. The number of halogens is 1. The maximum Gasteiger partial charge on any atom is 0.256 e. The predicted octanol–water partition coefficient (Wildman–Crippen LogP) is 3.96. The second-order valence-corrected chi connectivity index (χ2v) is 9.75. The van der Waals surface area contributed by atoms with E-state index in [9.17, 15) is 4.79 Å². The second-order valence-electron chi connectivity index (χ2n) is 8.01. The molecule has 0 unspecified atom stereocenters. The van der Waals surface area contributed by atoms with Crippen LogP contribution in [0.2, 0.25) is 5.02 Å². The molecule has 1 saturated heterocycles. The first kappa shape index (κ1) is 22.1. The summed E-state index contributed by atoms with van der Waals surface area (Å²) in [7, 11) is 0. The zero-order valence-corrected chi connectivity index (χ0v) is 19.6. The molecule has 2 aliphatic heterocycles. The molecule has 1 aromatic carbocycles. The Morgan fingerprint density at radius 1 is 1.30 bits per heavy atom. The molecule has 0 spiro atoms. The number of aromatic nitrogens is 4. The van der Waals surface area contributed by atoms with Crippen molar-refractivity contribution in [3.8, 4) is 0 Å². The van der Waals surface area contributed by atoms with Crippen LogP contribution in [-0.2, 0) is 16.1 Å². The van der Waals surface area contributed by atoms with Gasteiger partial charge >= 0.3 is 0 Å². The van der Waals surface area contributed by atoms with Crippen molar-refractivity contribution in [2.45, 2.75) is 55.3 Å². The highest BCUT2D eigenvalue weighted by atomic mass is 35.5. The fourth-order valence-electron chi connectivity index (χ4n) is 4.00. The van der Waals surface area contributed by atoms with Gasteiger partial charge in [-0.1, -0.05) is 35.5 Å². The van der Waals surface area contributed by atoms with Gasteiger partial charge in [-0.05, 0) is 60.0 Å². The van der Waals surface area contributed by atoms with Gasteiger partial charge in [-0.3, -0.25) is 4.79 Å². The highest BCUT2D eigenvalue weighted by molar-refractivity contribution is 8.00. The SMILES string of the molecule is C[C@H](Sc1nnnn1C[C@H]1CCCO1)C(=O)N1N=C(c2ccc(Cl)cc2)C[C@H]1c1ccco1. The number of benzene rings is 1. The molecule has 0 bridgehead atoms. The highest BCUT2D eigenvalue weighted by Gasteiger charge is 2.37. The number of thioether (sulfide) groups is 1. The summed E-state index contributed by atoms with van der Waals surface area (Å²) >= 11 is 7.35. The number of furan rings is 1. The first-order valence-electron chi connectivity index (χ1n) is 10.8. The van der Waals surface area contributed by atoms with Gasteiger partial charge in [-0.25, -0.2) is 9.69 Å². The Morgan fingerprint density at radius 2 is 2.15 bits per heavy atom. The number of nitrogens with zero attached hydrogens (tertiary/aromatic N) is 6. The van der Waals surface area contributed by atoms with Crippen molar-refractivity contribution in [3.05, 3.63) is 59.0 Å². The summed E-state index contributed by atoms with van der Waals surface area (Å²) in [5.41, 5.74) is 1.73. The molecule has 33 heavy (non-hydrogen) atoms. The van der Waals surface area contributed by atoms with Gasteiger partial charge in [0.05, 0.1) is 29.9 Å². The Bertz CT molecular complexity index is 1130. The zero-order valence-electron chi connectivity index (χ0n) is 18.0. The molecule has 0 radical (unpaired) electrons. The quantitative estimate of drug-likeness (QED) is 0.466. The minimum absolute atomic E-state index is 0.104. The number of amides is 1. The Balaban J connectivity index is 1.35. The number of rotatable bonds is 7. The second kappa shape index (κ2) is 9.66. The molecule has 172 valence electrons. The van der Waals surface area contributed by atoms with Crippen molar-refractivity contribution in [2.24, 2.45) is 5.10 Å². The molecule has 2 aromatic heterocycles. The molecular formula is C22H23ClN6O3S. The molecule has 11 heteroatoms. The normalized spacial score (nSPS) is 21.4. The number of ether oxygens (including phenoxy) is 1. The monoisotopic (exact) mass is 486 g/mol. The van der Waals surface area contributed by atoms with E-state index in [1.54, 1.807) is 10.9 Å². The van der Waals surface area contributed by atoms with Gasteiger partial charge < -0.3 is 9.15 Å². The third-order valence-electron chi connectivity index (χ3n) is 5.71. The molecule has 0 saturated carbocycles. The van der Waals surface area contributed by atoms with E-state index in [1.807, 2.05) is 43.3 Å². The molecule has 0 N–H and O–H groups in total. The van der Waals surface area contributed by atoms with Crippen LogP contribution < -0.4 is 0 Å². The number of hydrogen-bond donors (Lipinski definition) is 0. The lowest BCUT2D eigenvalue weighted by Crippen LogP contribution is -2.33. The van der Waals surface area contributed by atoms with Crippen molar-refractivity contribution in [1.29, 1.82) is 0 Å². The van der Waals surface area contributed by atoms with Crippen molar-refractivity contribution in [3.63, 3.8) is 0 Å². The standard InChI is InChI=1S/C22H23ClN6O3S/c1-14(33-22-24-26-27-28(22)13-17-4-2-10-31-17)21(30)29-19(20-5-3-11-32-20)12-18(25-29)15-6-8-16(23)9-7-15/h3,5-9,11,14,17,19H,2,4,10,12-13H2,1H3/t14-,17+,19-/m0/s1. The van der Waals surface area contributed by atoms with Gasteiger partial charge in [0.25, 0.3) is 5.91 Å². The first-order chi connectivity index (χ1) is 16.1. The van der Waals surface area contributed by atoms with Crippen molar-refractivity contribution >= 4 is 35.0 Å². The van der Waals surface area contributed by atoms with Crippen LogP contribution in [0.3, 0.4) is 0 Å². The summed E-state index contributed by atoms with van der Waals surface area (Å²) in [6, 6.07) is 10.8. The molecule has 1 amide bonds. The van der Waals surface area contributed by atoms with E-state index in [1.165, 1.54) is 16.8 Å². The average molecular weight is 487 g/mol. The Hall–Kier alpha value is -2.69. The molecule has 4 heterocycles. The maximum atomic E-state index is 13.5. The van der Waals surface area contributed by atoms with Crippen molar-refractivity contribution in [1.82, 2.24) is 25.2 Å². The molecular weight excluding hydrogens is 464 g/mol. The molecule has 5 rings (SSSR count). The van der Waals surface area contributed by atoms with Crippen LogP contribution in [0.25, 0.3) is 0 Å². The van der Waals surface area contributed by atoms with E-state index in [2.05, 4.69) is 20.6 Å². The van der Waals surface area contributed by atoms with Crippen LogP contribution in [0.15, 0.2) is 57.3 Å². The van der Waals surface area contributed by atoms with Gasteiger partial charge in [-0.15, -0.1) is 5.10 Å². The summed E-state index contributed by atoms with van der Waals surface area (Å²) < 4.78 is 13.0. The summed E-state index contributed by atoms with van der Waals surface area (Å²) in [6.07, 6.45) is 4.29. The maximum absolute atomic E-state index is 13.5. The van der Waals surface area contributed by atoms with E-state index < -0.39 is 5.25 Å². The third-order valence-corrected chi connectivity index (χ3v) is 7.03. The summed E-state index contributed by atoms with van der Waals surface area (Å²) in [6.45, 7) is 3.18. The number of carbonyl (C=O) groups is 1. The van der Waals surface area contributed by atoms with Crippen molar-refractivity contribution in [2.75, 3.05) is 6.61 Å². The lowest BCUT2D eigenvalue weighted by Gasteiger charge is -2.22. The molecule has 3 aromatic rings.